The SMILES string of the molecule is CCCCNc1ccc2[nH]cc(C3CCN(Cc4ccccc4)CC3)c2n1. The molecule has 0 bridgehead atoms. The quantitative estimate of drug-likeness (QED) is 0.571. The zero-order chi connectivity index (χ0) is 18.5. The molecule has 0 unspecified atom stereocenters. The van der Waals surface area contributed by atoms with Gasteiger partial charge in [-0.05, 0) is 61.5 Å². The molecular formula is C23H30N4. The van der Waals surface area contributed by atoms with E-state index in [1.165, 1.54) is 36.8 Å². The maximum Gasteiger partial charge on any atom is 0.126 e. The Morgan fingerprint density at radius 1 is 1.11 bits per heavy atom. The van der Waals surface area contributed by atoms with Crippen molar-refractivity contribution < 1.29 is 0 Å². The molecular weight excluding hydrogens is 332 g/mol. The van der Waals surface area contributed by atoms with Gasteiger partial charge in [-0.1, -0.05) is 43.7 Å². The van der Waals surface area contributed by atoms with E-state index in [0.29, 0.717) is 5.92 Å². The van der Waals surface area contributed by atoms with Crippen LogP contribution in [0.5, 0.6) is 0 Å². The number of nitrogens with zero attached hydrogens (tertiary/aromatic N) is 2. The average Bonchev–Trinajstić information content (AvgIpc) is 3.13. The molecule has 1 aliphatic rings. The zero-order valence-electron chi connectivity index (χ0n) is 16.2. The monoisotopic (exact) mass is 362 g/mol. The van der Waals surface area contributed by atoms with Gasteiger partial charge in [0.05, 0.1) is 11.0 Å². The highest BCUT2D eigenvalue weighted by molar-refractivity contribution is 5.81. The van der Waals surface area contributed by atoms with Gasteiger partial charge in [0.25, 0.3) is 0 Å². The van der Waals surface area contributed by atoms with Gasteiger partial charge in [0.15, 0.2) is 0 Å². The number of benzene rings is 1. The molecule has 4 rings (SSSR count). The Labute approximate surface area is 162 Å². The summed E-state index contributed by atoms with van der Waals surface area (Å²) in [5.41, 5.74) is 5.10. The minimum Gasteiger partial charge on any atom is -0.370 e. The minimum atomic E-state index is 0.601. The van der Waals surface area contributed by atoms with Gasteiger partial charge < -0.3 is 10.3 Å². The highest BCUT2D eigenvalue weighted by Gasteiger charge is 2.23. The molecule has 4 nitrogen and oxygen atoms in total. The average molecular weight is 363 g/mol. The normalized spacial score (nSPS) is 16.0. The van der Waals surface area contributed by atoms with Crippen LogP contribution in [-0.4, -0.2) is 34.5 Å². The Bertz CT molecular complexity index is 847. The predicted molar refractivity (Wildman–Crippen MR) is 113 cm³/mol. The van der Waals surface area contributed by atoms with Crippen molar-refractivity contribution in [3.05, 3.63) is 59.8 Å². The second-order valence-corrected chi connectivity index (χ2v) is 7.65. The summed E-state index contributed by atoms with van der Waals surface area (Å²) in [6.07, 6.45) is 6.97. The maximum atomic E-state index is 4.91. The number of piperidine rings is 1. The summed E-state index contributed by atoms with van der Waals surface area (Å²) in [5.74, 6) is 1.60. The number of likely N-dealkylation sites (tertiary alicyclic amines) is 1. The van der Waals surface area contributed by atoms with Gasteiger partial charge in [0.1, 0.15) is 5.82 Å². The molecule has 0 atom stereocenters. The molecule has 142 valence electrons. The lowest BCUT2D eigenvalue weighted by molar-refractivity contribution is 0.205. The first kappa shape index (κ1) is 18.1. The van der Waals surface area contributed by atoms with E-state index < -0.39 is 0 Å². The first-order valence-electron chi connectivity index (χ1n) is 10.3. The van der Waals surface area contributed by atoms with Crippen molar-refractivity contribution in [2.24, 2.45) is 0 Å². The summed E-state index contributed by atoms with van der Waals surface area (Å²) in [4.78, 5) is 10.9. The van der Waals surface area contributed by atoms with Gasteiger partial charge in [0, 0.05) is 19.3 Å². The van der Waals surface area contributed by atoms with E-state index >= 15 is 0 Å². The van der Waals surface area contributed by atoms with Gasteiger partial charge in [-0.15, -0.1) is 0 Å². The van der Waals surface area contributed by atoms with E-state index in [1.807, 2.05) is 0 Å². The van der Waals surface area contributed by atoms with Crippen LogP contribution in [0.2, 0.25) is 0 Å². The van der Waals surface area contributed by atoms with Crippen molar-refractivity contribution in [1.29, 1.82) is 0 Å². The van der Waals surface area contributed by atoms with Crippen LogP contribution in [0.3, 0.4) is 0 Å². The Morgan fingerprint density at radius 3 is 2.70 bits per heavy atom. The summed E-state index contributed by atoms with van der Waals surface area (Å²) in [6, 6.07) is 15.0. The van der Waals surface area contributed by atoms with Crippen LogP contribution in [-0.2, 0) is 6.54 Å². The highest BCUT2D eigenvalue weighted by Crippen LogP contribution is 2.33. The standard InChI is InChI=1S/C23H30N4/c1-2-3-13-24-22-10-9-21-23(26-22)20(16-25-21)19-11-14-27(15-12-19)17-18-7-5-4-6-8-18/h4-10,16,19,25H,2-3,11-15,17H2,1H3,(H,24,26). The molecule has 3 aromatic rings. The highest BCUT2D eigenvalue weighted by atomic mass is 15.1. The van der Waals surface area contributed by atoms with Gasteiger partial charge in [0.2, 0.25) is 0 Å². The molecule has 1 fully saturated rings. The molecule has 0 radical (unpaired) electrons. The van der Waals surface area contributed by atoms with Crippen molar-refractivity contribution in [2.75, 3.05) is 25.0 Å². The van der Waals surface area contributed by atoms with Crippen molar-refractivity contribution in [1.82, 2.24) is 14.9 Å². The van der Waals surface area contributed by atoms with Crippen molar-refractivity contribution in [3.8, 4) is 0 Å². The van der Waals surface area contributed by atoms with E-state index in [0.717, 1.165) is 43.0 Å². The third-order valence-corrected chi connectivity index (χ3v) is 5.66. The van der Waals surface area contributed by atoms with Crippen LogP contribution in [0.4, 0.5) is 5.82 Å². The van der Waals surface area contributed by atoms with Crippen molar-refractivity contribution in [3.63, 3.8) is 0 Å². The summed E-state index contributed by atoms with van der Waals surface area (Å²) in [5, 5.41) is 3.46. The third-order valence-electron chi connectivity index (χ3n) is 5.66. The molecule has 0 saturated carbocycles. The van der Waals surface area contributed by atoms with E-state index in [-0.39, 0.29) is 0 Å². The number of hydrogen-bond donors (Lipinski definition) is 2. The van der Waals surface area contributed by atoms with Gasteiger partial charge in [-0.3, -0.25) is 4.90 Å². The van der Waals surface area contributed by atoms with Gasteiger partial charge >= 0.3 is 0 Å². The lowest BCUT2D eigenvalue weighted by Crippen LogP contribution is -2.32. The Kier molecular flexibility index (Phi) is 5.73. The van der Waals surface area contributed by atoms with Crippen LogP contribution in [0, 0.1) is 0 Å². The molecule has 27 heavy (non-hydrogen) atoms. The number of pyridine rings is 1. The number of rotatable bonds is 7. The zero-order valence-corrected chi connectivity index (χ0v) is 16.2. The number of nitrogens with one attached hydrogen (secondary N) is 2. The Balaban J connectivity index is 1.41. The van der Waals surface area contributed by atoms with Crippen LogP contribution in [0.1, 0.15) is 49.7 Å². The molecule has 0 spiro atoms. The van der Waals surface area contributed by atoms with Crippen LogP contribution >= 0.6 is 0 Å². The molecule has 2 aromatic heterocycles. The Hall–Kier alpha value is -2.33. The minimum absolute atomic E-state index is 0.601. The molecule has 1 aromatic carbocycles. The lowest BCUT2D eigenvalue weighted by atomic mass is 9.90. The molecule has 1 saturated heterocycles. The topological polar surface area (TPSA) is 44.0 Å². The number of anilines is 1. The first-order chi connectivity index (χ1) is 13.3. The second-order valence-electron chi connectivity index (χ2n) is 7.65. The molecule has 0 aliphatic carbocycles. The molecule has 1 aliphatic heterocycles. The van der Waals surface area contributed by atoms with Crippen LogP contribution < -0.4 is 5.32 Å². The maximum absolute atomic E-state index is 4.91. The van der Waals surface area contributed by atoms with Crippen LogP contribution in [0.15, 0.2) is 48.7 Å². The second kappa shape index (κ2) is 8.57. The lowest BCUT2D eigenvalue weighted by Gasteiger charge is -2.31. The fourth-order valence-corrected chi connectivity index (χ4v) is 4.07. The summed E-state index contributed by atoms with van der Waals surface area (Å²) in [6.45, 7) is 6.58. The predicted octanol–water partition coefficient (Wildman–Crippen LogP) is 5.15. The number of fused-ring (bicyclic) bond motifs is 1. The molecule has 2 N–H and O–H groups in total. The largest absolute Gasteiger partial charge is 0.370 e. The molecule has 3 heterocycles. The van der Waals surface area contributed by atoms with Gasteiger partial charge in [-0.25, -0.2) is 4.98 Å². The van der Waals surface area contributed by atoms with Crippen molar-refractivity contribution in [2.45, 2.75) is 45.1 Å². The summed E-state index contributed by atoms with van der Waals surface area (Å²) >= 11 is 0. The van der Waals surface area contributed by atoms with E-state index in [1.54, 1.807) is 0 Å². The van der Waals surface area contributed by atoms with E-state index in [2.05, 4.69) is 70.8 Å². The molecule has 4 heteroatoms. The number of aromatic amines is 1. The Morgan fingerprint density at radius 2 is 1.93 bits per heavy atom. The number of hydrogen-bond acceptors (Lipinski definition) is 3. The fourth-order valence-electron chi connectivity index (χ4n) is 4.07. The van der Waals surface area contributed by atoms with Crippen LogP contribution in [0.25, 0.3) is 11.0 Å². The smallest absolute Gasteiger partial charge is 0.126 e. The van der Waals surface area contributed by atoms with E-state index in [4.69, 9.17) is 4.98 Å². The van der Waals surface area contributed by atoms with Gasteiger partial charge in [-0.2, -0.15) is 0 Å². The molecule has 0 amide bonds. The number of unbranched alkanes of at least 4 members (excludes halogenated alkanes) is 1. The summed E-state index contributed by atoms with van der Waals surface area (Å²) in [7, 11) is 0. The number of H-pyrrole nitrogens is 1. The fraction of sp³-hybridized carbons (Fsp3) is 0.435. The summed E-state index contributed by atoms with van der Waals surface area (Å²) < 4.78 is 0. The number of aromatic nitrogens is 2. The van der Waals surface area contributed by atoms with Crippen molar-refractivity contribution >= 4 is 16.9 Å². The first-order valence-corrected chi connectivity index (χ1v) is 10.3. The third kappa shape index (κ3) is 4.33. The van der Waals surface area contributed by atoms with E-state index in [9.17, 15) is 0 Å².